The molecule has 2 heterocycles. The van der Waals surface area contributed by atoms with Crippen LogP contribution in [0.25, 0.3) is 0 Å². The molecule has 0 aromatic heterocycles. The second-order valence-electron chi connectivity index (χ2n) is 9.26. The van der Waals surface area contributed by atoms with Crippen molar-refractivity contribution in [2.75, 3.05) is 32.7 Å². The van der Waals surface area contributed by atoms with E-state index in [-0.39, 0.29) is 6.10 Å². The number of aliphatic hydroxyl groups is 1. The molecule has 30 heavy (non-hydrogen) atoms. The van der Waals surface area contributed by atoms with Crippen LogP contribution in [0.3, 0.4) is 0 Å². The van der Waals surface area contributed by atoms with E-state index in [0.29, 0.717) is 0 Å². The summed E-state index contributed by atoms with van der Waals surface area (Å²) in [6, 6.07) is 17.5. The van der Waals surface area contributed by atoms with Crippen LogP contribution < -0.4 is 0 Å². The average molecular weight is 407 g/mol. The third-order valence-corrected chi connectivity index (χ3v) is 7.26. The van der Waals surface area contributed by atoms with Crippen molar-refractivity contribution in [2.24, 2.45) is 5.92 Å². The predicted molar refractivity (Wildman–Crippen MR) is 125 cm³/mol. The van der Waals surface area contributed by atoms with E-state index in [1.165, 1.54) is 49.2 Å². The van der Waals surface area contributed by atoms with E-state index in [9.17, 15) is 5.11 Å². The molecule has 3 nitrogen and oxygen atoms in total. The van der Waals surface area contributed by atoms with Crippen molar-refractivity contribution in [3.05, 3.63) is 70.8 Å². The molecule has 1 N–H and O–H groups in total. The van der Waals surface area contributed by atoms with Crippen LogP contribution in [0.4, 0.5) is 0 Å². The number of nitrogens with zero attached hydrogens (tertiary/aromatic N) is 2. The maximum atomic E-state index is 10.8. The molecule has 0 radical (unpaired) electrons. The van der Waals surface area contributed by atoms with E-state index in [1.807, 2.05) is 0 Å². The first-order valence-electron chi connectivity index (χ1n) is 12.0. The maximum absolute atomic E-state index is 10.8. The monoisotopic (exact) mass is 406 g/mol. The molecule has 0 saturated carbocycles. The van der Waals surface area contributed by atoms with Crippen LogP contribution in [-0.2, 0) is 19.4 Å². The van der Waals surface area contributed by atoms with Crippen molar-refractivity contribution in [3.63, 3.8) is 0 Å². The van der Waals surface area contributed by atoms with Gasteiger partial charge in [0.2, 0.25) is 0 Å². The fourth-order valence-corrected chi connectivity index (χ4v) is 5.15. The van der Waals surface area contributed by atoms with Crippen LogP contribution in [0.2, 0.25) is 0 Å². The van der Waals surface area contributed by atoms with Crippen LogP contribution in [0.15, 0.2) is 48.5 Å². The standard InChI is InChI=1S/C27H38N2O/c1-2-28-16-12-22(13-17-28)8-11-27(30)26-10-9-24-14-18-29(19-15-25(24)20-26)21-23-6-4-3-5-7-23/h3-7,9-10,20,22,27,30H,2,8,11-19,21H2,1H3. The van der Waals surface area contributed by atoms with Gasteiger partial charge in [-0.3, -0.25) is 4.90 Å². The van der Waals surface area contributed by atoms with Crippen molar-refractivity contribution in [2.45, 2.75) is 58.1 Å². The number of fused-ring (bicyclic) bond motifs is 1. The Balaban J connectivity index is 1.30. The second-order valence-corrected chi connectivity index (χ2v) is 9.26. The summed E-state index contributed by atoms with van der Waals surface area (Å²) in [6.45, 7) is 9.13. The first kappa shape index (κ1) is 21.5. The number of piperidine rings is 1. The smallest absolute Gasteiger partial charge is 0.0790 e. The number of benzene rings is 2. The largest absolute Gasteiger partial charge is 0.388 e. The first-order chi connectivity index (χ1) is 14.7. The molecule has 2 aromatic rings. The molecule has 0 amide bonds. The molecule has 2 aliphatic heterocycles. The lowest BCUT2D eigenvalue weighted by molar-refractivity contribution is 0.136. The normalized spacial score (nSPS) is 19.9. The third kappa shape index (κ3) is 5.72. The highest BCUT2D eigenvalue weighted by atomic mass is 16.3. The summed E-state index contributed by atoms with van der Waals surface area (Å²) in [5, 5.41) is 10.8. The van der Waals surface area contributed by atoms with Crippen molar-refractivity contribution in [3.8, 4) is 0 Å². The van der Waals surface area contributed by atoms with Crippen LogP contribution in [0.5, 0.6) is 0 Å². The van der Waals surface area contributed by atoms with E-state index >= 15 is 0 Å². The van der Waals surface area contributed by atoms with Gasteiger partial charge in [0.25, 0.3) is 0 Å². The summed E-state index contributed by atoms with van der Waals surface area (Å²) in [6.07, 6.45) is 6.51. The molecule has 1 saturated heterocycles. The van der Waals surface area contributed by atoms with Gasteiger partial charge < -0.3 is 10.0 Å². The molecule has 1 unspecified atom stereocenters. The zero-order valence-corrected chi connectivity index (χ0v) is 18.6. The number of hydrogen-bond acceptors (Lipinski definition) is 3. The van der Waals surface area contributed by atoms with Gasteiger partial charge in [0.05, 0.1) is 6.10 Å². The van der Waals surface area contributed by atoms with Crippen molar-refractivity contribution < 1.29 is 5.11 Å². The predicted octanol–water partition coefficient (Wildman–Crippen LogP) is 4.83. The van der Waals surface area contributed by atoms with Gasteiger partial charge in [0.15, 0.2) is 0 Å². The lowest BCUT2D eigenvalue weighted by Crippen LogP contribution is -2.33. The molecule has 162 valence electrons. The minimum atomic E-state index is -0.317. The van der Waals surface area contributed by atoms with Crippen molar-refractivity contribution in [1.29, 1.82) is 0 Å². The lowest BCUT2D eigenvalue weighted by atomic mass is 9.89. The third-order valence-electron chi connectivity index (χ3n) is 7.26. The van der Waals surface area contributed by atoms with E-state index in [4.69, 9.17) is 0 Å². The summed E-state index contributed by atoms with van der Waals surface area (Å²) >= 11 is 0. The Bertz CT molecular complexity index is 783. The quantitative estimate of drug-likeness (QED) is 0.713. The maximum Gasteiger partial charge on any atom is 0.0790 e. The Morgan fingerprint density at radius 1 is 0.900 bits per heavy atom. The molecule has 0 spiro atoms. The van der Waals surface area contributed by atoms with E-state index in [1.54, 1.807) is 0 Å². The minimum absolute atomic E-state index is 0.317. The molecule has 0 aliphatic carbocycles. The van der Waals surface area contributed by atoms with E-state index < -0.39 is 0 Å². The minimum Gasteiger partial charge on any atom is -0.388 e. The molecular weight excluding hydrogens is 368 g/mol. The number of aliphatic hydroxyl groups excluding tert-OH is 1. The summed E-state index contributed by atoms with van der Waals surface area (Å²) in [4.78, 5) is 5.11. The van der Waals surface area contributed by atoms with Crippen LogP contribution >= 0.6 is 0 Å². The van der Waals surface area contributed by atoms with Gasteiger partial charge in [-0.25, -0.2) is 0 Å². The second kappa shape index (κ2) is 10.6. The first-order valence-corrected chi connectivity index (χ1v) is 12.0. The van der Waals surface area contributed by atoms with Gasteiger partial charge in [-0.1, -0.05) is 55.5 Å². The van der Waals surface area contributed by atoms with Crippen LogP contribution in [-0.4, -0.2) is 47.6 Å². The number of likely N-dealkylation sites (tertiary alicyclic amines) is 1. The molecule has 4 rings (SSSR count). The van der Waals surface area contributed by atoms with Crippen LogP contribution in [0, 0.1) is 5.92 Å². The zero-order valence-electron chi connectivity index (χ0n) is 18.6. The molecule has 2 aromatic carbocycles. The van der Waals surface area contributed by atoms with Crippen molar-refractivity contribution in [1.82, 2.24) is 9.80 Å². The van der Waals surface area contributed by atoms with Crippen molar-refractivity contribution >= 4 is 0 Å². The Hall–Kier alpha value is -1.68. The Labute approximate surface area is 182 Å². The van der Waals surface area contributed by atoms with Gasteiger partial charge in [0.1, 0.15) is 0 Å². The summed E-state index contributed by atoms with van der Waals surface area (Å²) < 4.78 is 0. The summed E-state index contributed by atoms with van der Waals surface area (Å²) in [7, 11) is 0. The molecule has 0 bridgehead atoms. The Morgan fingerprint density at radius 2 is 1.63 bits per heavy atom. The highest BCUT2D eigenvalue weighted by molar-refractivity contribution is 5.34. The van der Waals surface area contributed by atoms with Crippen LogP contribution in [0.1, 0.15) is 61.0 Å². The van der Waals surface area contributed by atoms with Gasteiger partial charge in [0, 0.05) is 19.6 Å². The highest BCUT2D eigenvalue weighted by Crippen LogP contribution is 2.28. The van der Waals surface area contributed by atoms with E-state index in [2.05, 4.69) is 65.3 Å². The van der Waals surface area contributed by atoms with E-state index in [0.717, 1.165) is 56.8 Å². The number of rotatable bonds is 7. The molecule has 3 heteroatoms. The SMILES string of the molecule is CCN1CCC(CCC(O)c2ccc3c(c2)CCN(Cc2ccccc2)CC3)CC1. The molecule has 1 fully saturated rings. The Kier molecular flexibility index (Phi) is 7.59. The lowest BCUT2D eigenvalue weighted by Gasteiger charge is -2.31. The summed E-state index contributed by atoms with van der Waals surface area (Å²) in [5.41, 5.74) is 5.42. The average Bonchev–Trinajstić information content (AvgIpc) is 3.00. The molecular formula is C27H38N2O. The van der Waals surface area contributed by atoms with Gasteiger partial charge >= 0.3 is 0 Å². The summed E-state index contributed by atoms with van der Waals surface area (Å²) in [5.74, 6) is 0.787. The zero-order chi connectivity index (χ0) is 20.8. The number of hydrogen-bond donors (Lipinski definition) is 1. The van der Waals surface area contributed by atoms with Gasteiger partial charge in [-0.15, -0.1) is 0 Å². The highest BCUT2D eigenvalue weighted by Gasteiger charge is 2.20. The molecule has 1 atom stereocenters. The van der Waals surface area contributed by atoms with Gasteiger partial charge in [-0.2, -0.15) is 0 Å². The molecule has 2 aliphatic rings. The topological polar surface area (TPSA) is 26.7 Å². The fraction of sp³-hybridized carbons (Fsp3) is 0.556. The van der Waals surface area contributed by atoms with Gasteiger partial charge in [-0.05, 0) is 86.3 Å². The fourth-order valence-electron chi connectivity index (χ4n) is 5.15. The Morgan fingerprint density at radius 3 is 2.37 bits per heavy atom.